The molecule has 3 heterocycles. The molecule has 13 nitrogen and oxygen atoms in total. The summed E-state index contributed by atoms with van der Waals surface area (Å²) in [5.41, 5.74) is 8.90. The minimum Gasteiger partial charge on any atom is -0.493 e. The van der Waals surface area contributed by atoms with Crippen molar-refractivity contribution in [3.63, 3.8) is 0 Å². The zero-order chi connectivity index (χ0) is 29.0. The van der Waals surface area contributed by atoms with Crippen molar-refractivity contribution < 1.29 is 33.8 Å². The largest absolute Gasteiger partial charge is 0.493 e. The number of fused-ring (bicyclic) bond motifs is 2. The van der Waals surface area contributed by atoms with Crippen LogP contribution in [-0.4, -0.2) is 54.5 Å². The molecule has 5 rings (SSSR count). The lowest BCUT2D eigenvalue weighted by Crippen LogP contribution is -2.25. The number of nitrogens with zero attached hydrogens (tertiary/aromatic N) is 4. The molecule has 214 valence electrons. The fourth-order valence-corrected chi connectivity index (χ4v) is 3.76. The monoisotopic (exact) mass is 562 g/mol. The standard InChI is InChI=1S/C17H13N5O5.C10H13NO2.CH4/c1-8-20-10-4-9(2-3-13(10)27-8)6-18-15(24)11-5-12(16(25)26)22-14(23)7-19-17(22)21-11;1-7(11)8-3-5-9(6-4-8)10(12)13-2;/h2-5,7,23H,6H2,1H3,(H,18,24)(H,25,26);3-7H,11H2,1-2H3;1H4/t;7-;/m.0./s1. The lowest BCUT2D eigenvalue weighted by atomic mass is 10.1. The molecular formula is C28H30N6O7. The fraction of sp³-hybridized carbons (Fsp3) is 0.214. The minimum absolute atomic E-state index is 0. The smallest absolute Gasteiger partial charge is 0.353 e. The van der Waals surface area contributed by atoms with Gasteiger partial charge in [0.2, 0.25) is 11.7 Å². The number of carboxylic acids is 1. The zero-order valence-electron chi connectivity index (χ0n) is 21.8. The van der Waals surface area contributed by atoms with Crippen LogP contribution in [0.5, 0.6) is 5.88 Å². The van der Waals surface area contributed by atoms with Gasteiger partial charge in [0.25, 0.3) is 5.91 Å². The van der Waals surface area contributed by atoms with Gasteiger partial charge in [-0.1, -0.05) is 25.6 Å². The number of ether oxygens (including phenoxy) is 1. The van der Waals surface area contributed by atoms with Crippen molar-refractivity contribution in [3.05, 3.63) is 88.7 Å². The first-order valence-corrected chi connectivity index (χ1v) is 12.0. The van der Waals surface area contributed by atoms with E-state index in [2.05, 4.69) is 25.0 Å². The summed E-state index contributed by atoms with van der Waals surface area (Å²) in [6, 6.07) is 13.5. The van der Waals surface area contributed by atoms with E-state index >= 15 is 0 Å². The topological polar surface area (TPSA) is 195 Å². The second-order valence-electron chi connectivity index (χ2n) is 8.70. The minimum atomic E-state index is -1.32. The molecule has 3 aromatic heterocycles. The average Bonchev–Trinajstić information content (AvgIpc) is 3.51. The number of aromatic nitrogens is 4. The van der Waals surface area contributed by atoms with Crippen molar-refractivity contribution in [3.8, 4) is 5.88 Å². The van der Waals surface area contributed by atoms with Gasteiger partial charge in [-0.05, 0) is 42.3 Å². The quantitative estimate of drug-likeness (QED) is 0.221. The first-order valence-electron chi connectivity index (χ1n) is 12.0. The molecule has 0 fully saturated rings. The van der Waals surface area contributed by atoms with E-state index in [-0.39, 0.29) is 49.0 Å². The first-order chi connectivity index (χ1) is 19.1. The Hall–Kier alpha value is -5.30. The molecule has 2 aromatic carbocycles. The van der Waals surface area contributed by atoms with Crippen LogP contribution in [0.3, 0.4) is 0 Å². The van der Waals surface area contributed by atoms with E-state index < -0.39 is 11.9 Å². The van der Waals surface area contributed by atoms with E-state index in [0.29, 0.717) is 22.6 Å². The third-order valence-corrected chi connectivity index (χ3v) is 5.78. The molecule has 5 N–H and O–H groups in total. The highest BCUT2D eigenvalue weighted by Gasteiger charge is 2.19. The predicted octanol–water partition coefficient (Wildman–Crippen LogP) is 3.64. The molecule has 0 aliphatic rings. The molecule has 0 bridgehead atoms. The van der Waals surface area contributed by atoms with Crippen molar-refractivity contribution in [2.45, 2.75) is 33.9 Å². The zero-order valence-corrected chi connectivity index (χ0v) is 21.8. The van der Waals surface area contributed by atoms with Gasteiger partial charge in [0.1, 0.15) is 16.9 Å². The lowest BCUT2D eigenvalue weighted by Gasteiger charge is -2.07. The van der Waals surface area contributed by atoms with Crippen LogP contribution in [0, 0.1) is 6.92 Å². The third kappa shape index (κ3) is 6.83. The number of nitrogens with one attached hydrogen (secondary N) is 1. The molecule has 0 radical (unpaired) electrons. The highest BCUT2D eigenvalue weighted by molar-refractivity contribution is 5.96. The Labute approximate surface area is 234 Å². The maximum atomic E-state index is 12.4. The summed E-state index contributed by atoms with van der Waals surface area (Å²) < 4.78 is 10.9. The Morgan fingerprint density at radius 2 is 1.83 bits per heavy atom. The van der Waals surface area contributed by atoms with E-state index in [4.69, 9.17) is 10.2 Å². The van der Waals surface area contributed by atoms with Gasteiger partial charge in [0.05, 0.1) is 18.9 Å². The summed E-state index contributed by atoms with van der Waals surface area (Å²) in [4.78, 5) is 46.9. The van der Waals surface area contributed by atoms with E-state index in [9.17, 15) is 24.6 Å². The molecule has 1 atom stereocenters. The fourth-order valence-electron chi connectivity index (χ4n) is 3.76. The van der Waals surface area contributed by atoms with Crippen LogP contribution in [-0.2, 0) is 11.3 Å². The molecule has 41 heavy (non-hydrogen) atoms. The number of nitrogens with two attached hydrogens (primary N) is 1. The van der Waals surface area contributed by atoms with Crippen LogP contribution in [0.25, 0.3) is 16.9 Å². The van der Waals surface area contributed by atoms with Crippen LogP contribution < -0.4 is 11.1 Å². The van der Waals surface area contributed by atoms with E-state index in [1.807, 2.05) is 19.1 Å². The number of methoxy groups -OCH3 is 1. The molecule has 0 saturated heterocycles. The summed E-state index contributed by atoms with van der Waals surface area (Å²) >= 11 is 0. The number of aromatic hydroxyl groups is 1. The Bertz CT molecular complexity index is 1710. The third-order valence-electron chi connectivity index (χ3n) is 5.78. The molecule has 1 amide bonds. The molecule has 0 aliphatic carbocycles. The van der Waals surface area contributed by atoms with Gasteiger partial charge in [-0.3, -0.25) is 4.79 Å². The molecule has 5 aromatic rings. The van der Waals surface area contributed by atoms with Gasteiger partial charge < -0.3 is 30.4 Å². The Morgan fingerprint density at radius 1 is 1.12 bits per heavy atom. The summed E-state index contributed by atoms with van der Waals surface area (Å²) in [7, 11) is 1.36. The van der Waals surface area contributed by atoms with E-state index in [0.717, 1.165) is 27.8 Å². The molecule has 0 aliphatic heterocycles. The molecule has 0 spiro atoms. The number of carbonyl (C=O) groups excluding carboxylic acids is 2. The number of hydrogen-bond acceptors (Lipinski definition) is 10. The highest BCUT2D eigenvalue weighted by Crippen LogP contribution is 2.18. The molecule has 0 unspecified atom stereocenters. The average molecular weight is 563 g/mol. The Kier molecular flexibility index (Phi) is 9.37. The summed E-state index contributed by atoms with van der Waals surface area (Å²) in [6.45, 7) is 3.83. The second-order valence-corrected chi connectivity index (χ2v) is 8.70. The Balaban J connectivity index is 0.000000280. The van der Waals surface area contributed by atoms with Crippen LogP contribution in [0.15, 0.2) is 59.1 Å². The maximum Gasteiger partial charge on any atom is 0.353 e. The number of carbonyl (C=O) groups is 3. The van der Waals surface area contributed by atoms with Crippen molar-refractivity contribution >= 4 is 34.7 Å². The molecule has 13 heteroatoms. The van der Waals surface area contributed by atoms with Crippen molar-refractivity contribution in [1.29, 1.82) is 0 Å². The van der Waals surface area contributed by atoms with Gasteiger partial charge in [0, 0.05) is 25.6 Å². The number of amides is 1. The lowest BCUT2D eigenvalue weighted by molar-refractivity contribution is 0.0599. The normalized spacial score (nSPS) is 11.2. The number of oxazole rings is 1. The highest BCUT2D eigenvalue weighted by atomic mass is 16.5. The summed E-state index contributed by atoms with van der Waals surface area (Å²) in [6.07, 6.45) is 1.06. The number of aryl methyl sites for hydroxylation is 1. The van der Waals surface area contributed by atoms with Crippen molar-refractivity contribution in [1.82, 2.24) is 24.7 Å². The van der Waals surface area contributed by atoms with Crippen molar-refractivity contribution in [2.75, 3.05) is 7.11 Å². The number of esters is 1. The molecule has 0 saturated carbocycles. The number of carboxylic acid groups (broad SMARTS) is 1. The van der Waals surface area contributed by atoms with Gasteiger partial charge in [-0.2, -0.15) is 0 Å². The van der Waals surface area contributed by atoms with Crippen LogP contribution in [0.1, 0.15) is 68.7 Å². The van der Waals surface area contributed by atoms with E-state index in [1.54, 1.807) is 37.3 Å². The maximum absolute atomic E-state index is 12.4. The number of aromatic carboxylic acids is 1. The number of benzene rings is 2. The second kappa shape index (κ2) is 12.7. The van der Waals surface area contributed by atoms with Gasteiger partial charge >= 0.3 is 11.9 Å². The summed E-state index contributed by atoms with van der Waals surface area (Å²) in [5, 5.41) is 21.7. The van der Waals surface area contributed by atoms with Crippen LogP contribution in [0.4, 0.5) is 0 Å². The van der Waals surface area contributed by atoms with Gasteiger partial charge in [0.15, 0.2) is 11.5 Å². The number of imidazole rings is 1. The van der Waals surface area contributed by atoms with Crippen LogP contribution >= 0.6 is 0 Å². The number of rotatable bonds is 6. The van der Waals surface area contributed by atoms with Crippen molar-refractivity contribution in [2.24, 2.45) is 5.73 Å². The van der Waals surface area contributed by atoms with E-state index in [1.165, 1.54) is 7.11 Å². The number of hydrogen-bond donors (Lipinski definition) is 4. The predicted molar refractivity (Wildman–Crippen MR) is 149 cm³/mol. The first kappa shape index (κ1) is 30.2. The SMILES string of the molecule is C.COC(=O)c1ccc([C@H](C)N)cc1.Cc1nc2cc(CNC(=O)c3cc(C(=O)O)n4c(O)cnc4n3)ccc2o1. The van der Waals surface area contributed by atoms with Gasteiger partial charge in [-0.25, -0.2) is 28.9 Å². The Morgan fingerprint density at radius 3 is 2.46 bits per heavy atom. The van der Waals surface area contributed by atoms with Crippen LogP contribution in [0.2, 0.25) is 0 Å². The van der Waals surface area contributed by atoms with Gasteiger partial charge in [-0.15, -0.1) is 0 Å². The summed E-state index contributed by atoms with van der Waals surface area (Å²) in [5.74, 6) is -2.13. The molecular weight excluding hydrogens is 532 g/mol.